The van der Waals surface area contributed by atoms with Gasteiger partial charge < -0.3 is 10.1 Å². The SMILES string of the molecule is COc1cnc2c(NCc3ncn[nH]3)ccnc2c1. The Balaban J connectivity index is 1.90. The molecule has 0 aliphatic heterocycles. The van der Waals surface area contributed by atoms with Crippen LogP contribution in [0.15, 0.2) is 30.9 Å². The highest BCUT2D eigenvalue weighted by atomic mass is 16.5. The number of pyridine rings is 2. The van der Waals surface area contributed by atoms with Crippen LogP contribution in [0.3, 0.4) is 0 Å². The molecule has 0 aliphatic rings. The molecule has 7 heteroatoms. The first-order valence-corrected chi connectivity index (χ1v) is 5.73. The predicted octanol–water partition coefficient (Wildman–Crippen LogP) is 1.37. The minimum Gasteiger partial charge on any atom is -0.495 e. The number of methoxy groups -OCH3 is 1. The molecule has 0 saturated carbocycles. The molecule has 0 amide bonds. The minimum absolute atomic E-state index is 0.548. The largest absolute Gasteiger partial charge is 0.495 e. The normalized spacial score (nSPS) is 10.6. The molecule has 2 N–H and O–H groups in total. The van der Waals surface area contributed by atoms with Gasteiger partial charge in [-0.25, -0.2) is 9.97 Å². The molecule has 0 spiro atoms. The highest BCUT2D eigenvalue weighted by Gasteiger charge is 2.05. The number of fused-ring (bicyclic) bond motifs is 1. The highest BCUT2D eigenvalue weighted by Crippen LogP contribution is 2.22. The van der Waals surface area contributed by atoms with Crippen molar-refractivity contribution in [2.45, 2.75) is 6.54 Å². The quantitative estimate of drug-likeness (QED) is 0.733. The minimum atomic E-state index is 0.548. The van der Waals surface area contributed by atoms with Crippen LogP contribution in [0.1, 0.15) is 5.82 Å². The third-order valence-corrected chi connectivity index (χ3v) is 2.70. The fourth-order valence-corrected chi connectivity index (χ4v) is 1.76. The Morgan fingerprint density at radius 3 is 3.05 bits per heavy atom. The number of H-pyrrole nitrogens is 1. The number of anilines is 1. The summed E-state index contributed by atoms with van der Waals surface area (Å²) in [5, 5.41) is 9.84. The van der Waals surface area contributed by atoms with E-state index < -0.39 is 0 Å². The van der Waals surface area contributed by atoms with Crippen LogP contribution in [-0.4, -0.2) is 32.3 Å². The molecular formula is C12H12N6O. The summed E-state index contributed by atoms with van der Waals surface area (Å²) in [6.45, 7) is 0.548. The lowest BCUT2D eigenvalue weighted by atomic mass is 10.2. The van der Waals surface area contributed by atoms with Gasteiger partial charge in [-0.1, -0.05) is 0 Å². The van der Waals surface area contributed by atoms with Crippen molar-refractivity contribution in [1.82, 2.24) is 25.1 Å². The van der Waals surface area contributed by atoms with Gasteiger partial charge in [0, 0.05) is 12.3 Å². The second-order valence-corrected chi connectivity index (χ2v) is 3.89. The Morgan fingerprint density at radius 2 is 2.26 bits per heavy atom. The molecule has 0 unspecified atom stereocenters. The molecule has 7 nitrogen and oxygen atoms in total. The first-order valence-electron chi connectivity index (χ1n) is 5.73. The van der Waals surface area contributed by atoms with Crippen LogP contribution in [0.2, 0.25) is 0 Å². The zero-order valence-corrected chi connectivity index (χ0v) is 10.3. The lowest BCUT2D eigenvalue weighted by molar-refractivity contribution is 0.413. The Labute approximate surface area is 109 Å². The molecule has 0 bridgehead atoms. The molecule has 0 aromatic carbocycles. The van der Waals surface area contributed by atoms with E-state index >= 15 is 0 Å². The van der Waals surface area contributed by atoms with E-state index in [1.807, 2.05) is 12.1 Å². The van der Waals surface area contributed by atoms with Gasteiger partial charge in [0.15, 0.2) is 0 Å². The number of aromatic nitrogens is 5. The number of hydrogen-bond donors (Lipinski definition) is 2. The van der Waals surface area contributed by atoms with Crippen LogP contribution >= 0.6 is 0 Å². The van der Waals surface area contributed by atoms with E-state index in [0.29, 0.717) is 12.3 Å². The van der Waals surface area contributed by atoms with Gasteiger partial charge in [-0.2, -0.15) is 5.10 Å². The summed E-state index contributed by atoms with van der Waals surface area (Å²) in [7, 11) is 1.61. The monoisotopic (exact) mass is 256 g/mol. The molecule has 0 radical (unpaired) electrons. The van der Waals surface area contributed by atoms with Gasteiger partial charge in [-0.05, 0) is 6.07 Å². The zero-order chi connectivity index (χ0) is 13.1. The molecule has 0 aliphatic carbocycles. The third-order valence-electron chi connectivity index (χ3n) is 2.70. The molecule has 96 valence electrons. The van der Waals surface area contributed by atoms with Gasteiger partial charge in [-0.3, -0.25) is 10.1 Å². The Morgan fingerprint density at radius 1 is 1.32 bits per heavy atom. The van der Waals surface area contributed by atoms with E-state index in [2.05, 4.69) is 30.5 Å². The standard InChI is InChI=1S/C12H12N6O/c1-19-8-4-10-12(15-5-8)9(2-3-13-10)14-6-11-16-7-17-18-11/h2-5,7H,6H2,1H3,(H,13,14)(H,16,17,18). The molecular weight excluding hydrogens is 244 g/mol. The van der Waals surface area contributed by atoms with Crippen molar-refractivity contribution in [3.05, 3.63) is 36.7 Å². The number of nitrogens with zero attached hydrogens (tertiary/aromatic N) is 4. The average molecular weight is 256 g/mol. The fraction of sp³-hybridized carbons (Fsp3) is 0.167. The summed E-state index contributed by atoms with van der Waals surface area (Å²) in [4.78, 5) is 12.7. The van der Waals surface area contributed by atoms with Gasteiger partial charge in [0.2, 0.25) is 0 Å². The van der Waals surface area contributed by atoms with Crippen molar-refractivity contribution >= 4 is 16.7 Å². The molecule has 0 fully saturated rings. The van der Waals surface area contributed by atoms with E-state index in [1.54, 1.807) is 19.5 Å². The number of hydrogen-bond acceptors (Lipinski definition) is 6. The van der Waals surface area contributed by atoms with Crippen LogP contribution in [0.25, 0.3) is 11.0 Å². The lowest BCUT2D eigenvalue weighted by Crippen LogP contribution is -2.03. The van der Waals surface area contributed by atoms with Crippen molar-refractivity contribution in [2.75, 3.05) is 12.4 Å². The molecule has 3 aromatic heterocycles. The van der Waals surface area contributed by atoms with E-state index in [9.17, 15) is 0 Å². The van der Waals surface area contributed by atoms with E-state index in [1.165, 1.54) is 6.33 Å². The van der Waals surface area contributed by atoms with Gasteiger partial charge in [0.05, 0.1) is 31.1 Å². The lowest BCUT2D eigenvalue weighted by Gasteiger charge is -2.08. The van der Waals surface area contributed by atoms with Crippen molar-refractivity contribution in [3.63, 3.8) is 0 Å². The maximum atomic E-state index is 5.13. The first kappa shape index (κ1) is 11.4. The molecule has 3 heterocycles. The molecule has 3 rings (SSSR count). The summed E-state index contributed by atoms with van der Waals surface area (Å²) in [6, 6.07) is 3.72. The van der Waals surface area contributed by atoms with Crippen molar-refractivity contribution < 1.29 is 4.74 Å². The van der Waals surface area contributed by atoms with E-state index in [-0.39, 0.29) is 0 Å². The van der Waals surface area contributed by atoms with Crippen LogP contribution in [-0.2, 0) is 6.54 Å². The summed E-state index contributed by atoms with van der Waals surface area (Å²) in [5.41, 5.74) is 2.47. The Kier molecular flexibility index (Phi) is 2.93. The summed E-state index contributed by atoms with van der Waals surface area (Å²) >= 11 is 0. The molecule has 0 saturated heterocycles. The van der Waals surface area contributed by atoms with Gasteiger partial charge >= 0.3 is 0 Å². The van der Waals surface area contributed by atoms with Crippen LogP contribution in [0, 0.1) is 0 Å². The Bertz CT molecular complexity index is 682. The molecule has 0 atom stereocenters. The second kappa shape index (κ2) is 4.89. The number of rotatable bonds is 4. The second-order valence-electron chi connectivity index (χ2n) is 3.89. The number of nitrogens with one attached hydrogen (secondary N) is 2. The fourth-order valence-electron chi connectivity index (χ4n) is 1.76. The predicted molar refractivity (Wildman–Crippen MR) is 69.8 cm³/mol. The summed E-state index contributed by atoms with van der Waals surface area (Å²) in [5.74, 6) is 1.45. The van der Waals surface area contributed by atoms with Gasteiger partial charge in [0.25, 0.3) is 0 Å². The van der Waals surface area contributed by atoms with Crippen molar-refractivity contribution in [1.29, 1.82) is 0 Å². The summed E-state index contributed by atoms with van der Waals surface area (Å²) < 4.78 is 5.13. The third kappa shape index (κ3) is 2.30. The topological polar surface area (TPSA) is 88.6 Å². The van der Waals surface area contributed by atoms with E-state index in [0.717, 1.165) is 22.5 Å². The first-order chi connectivity index (χ1) is 9.36. The van der Waals surface area contributed by atoms with Gasteiger partial charge in [-0.15, -0.1) is 0 Å². The van der Waals surface area contributed by atoms with Crippen molar-refractivity contribution in [3.8, 4) is 5.75 Å². The average Bonchev–Trinajstić information content (AvgIpc) is 2.97. The number of ether oxygens (including phenoxy) is 1. The molecule has 19 heavy (non-hydrogen) atoms. The Hall–Kier alpha value is -2.70. The van der Waals surface area contributed by atoms with Crippen molar-refractivity contribution in [2.24, 2.45) is 0 Å². The molecule has 3 aromatic rings. The van der Waals surface area contributed by atoms with E-state index in [4.69, 9.17) is 4.74 Å². The highest BCUT2D eigenvalue weighted by molar-refractivity contribution is 5.87. The zero-order valence-electron chi connectivity index (χ0n) is 10.3. The maximum absolute atomic E-state index is 5.13. The van der Waals surface area contributed by atoms with Crippen LogP contribution in [0.4, 0.5) is 5.69 Å². The van der Waals surface area contributed by atoms with Crippen LogP contribution < -0.4 is 10.1 Å². The summed E-state index contributed by atoms with van der Waals surface area (Å²) in [6.07, 6.45) is 4.88. The van der Waals surface area contributed by atoms with Crippen LogP contribution in [0.5, 0.6) is 5.75 Å². The number of aromatic amines is 1. The van der Waals surface area contributed by atoms with Gasteiger partial charge in [0.1, 0.15) is 23.4 Å². The smallest absolute Gasteiger partial charge is 0.143 e. The maximum Gasteiger partial charge on any atom is 0.143 e.